The molecule has 3 atom stereocenters. The number of rotatable bonds is 5. The number of hydrogen-bond donors (Lipinski definition) is 1. The van der Waals surface area contributed by atoms with E-state index >= 15 is 0 Å². The quantitative estimate of drug-likeness (QED) is 0.771. The molecule has 2 fully saturated rings. The molecule has 1 saturated carbocycles. The van der Waals surface area contributed by atoms with Crippen molar-refractivity contribution >= 4 is 26.7 Å². The van der Waals surface area contributed by atoms with Crippen LogP contribution in [-0.4, -0.2) is 62.3 Å². The summed E-state index contributed by atoms with van der Waals surface area (Å²) < 4.78 is 27.8. The molecule has 0 spiro atoms. The first-order valence-corrected chi connectivity index (χ1v) is 12.8. The minimum Gasteiger partial charge on any atom is -0.352 e. The van der Waals surface area contributed by atoms with Gasteiger partial charge in [-0.1, -0.05) is 57.0 Å². The molecule has 0 aromatic heterocycles. The molecule has 7 heteroatoms. The number of benzene rings is 2. The van der Waals surface area contributed by atoms with Crippen molar-refractivity contribution in [2.24, 2.45) is 11.8 Å². The highest BCUT2D eigenvalue weighted by Crippen LogP contribution is 2.29. The number of fused-ring (bicyclic) bond motifs is 1. The zero-order valence-electron chi connectivity index (χ0n) is 18.5. The molecule has 31 heavy (non-hydrogen) atoms. The Hall–Kier alpha value is -1.96. The van der Waals surface area contributed by atoms with Crippen LogP contribution in [0, 0.1) is 11.8 Å². The summed E-state index contributed by atoms with van der Waals surface area (Å²) in [7, 11) is -3.54. The first-order valence-electron chi connectivity index (χ1n) is 11.4. The molecule has 1 saturated heterocycles. The van der Waals surface area contributed by atoms with E-state index in [1.54, 1.807) is 12.1 Å². The lowest BCUT2D eigenvalue weighted by Gasteiger charge is -2.36. The second-order valence-electron chi connectivity index (χ2n) is 9.13. The van der Waals surface area contributed by atoms with Gasteiger partial charge in [0.25, 0.3) is 0 Å². The molecule has 1 aliphatic heterocycles. The van der Waals surface area contributed by atoms with Crippen LogP contribution >= 0.6 is 0 Å². The van der Waals surface area contributed by atoms with E-state index in [0.29, 0.717) is 49.5 Å². The first kappa shape index (κ1) is 22.2. The molecule has 1 heterocycles. The minimum atomic E-state index is -3.54. The van der Waals surface area contributed by atoms with Crippen molar-refractivity contribution in [3.8, 4) is 0 Å². The molecule has 3 unspecified atom stereocenters. The summed E-state index contributed by atoms with van der Waals surface area (Å²) in [5, 5.41) is 5.17. The van der Waals surface area contributed by atoms with Gasteiger partial charge in [-0.25, -0.2) is 8.42 Å². The highest BCUT2D eigenvalue weighted by molar-refractivity contribution is 7.89. The Morgan fingerprint density at radius 2 is 1.71 bits per heavy atom. The van der Waals surface area contributed by atoms with E-state index in [0.717, 1.165) is 17.2 Å². The Morgan fingerprint density at radius 1 is 1.00 bits per heavy atom. The van der Waals surface area contributed by atoms with Crippen LogP contribution in [0.25, 0.3) is 10.8 Å². The normalized spacial score (nSPS) is 26.1. The van der Waals surface area contributed by atoms with Crippen LogP contribution in [0.1, 0.15) is 33.1 Å². The third-order valence-corrected chi connectivity index (χ3v) is 9.01. The lowest BCUT2D eigenvalue weighted by molar-refractivity contribution is -0.124. The summed E-state index contributed by atoms with van der Waals surface area (Å²) in [6.07, 6.45) is 3.46. The highest BCUT2D eigenvalue weighted by atomic mass is 32.2. The fraction of sp³-hybridized carbons (Fsp3) is 0.542. The van der Waals surface area contributed by atoms with Crippen molar-refractivity contribution in [1.82, 2.24) is 14.5 Å². The van der Waals surface area contributed by atoms with Gasteiger partial charge in [0.05, 0.1) is 11.4 Å². The van der Waals surface area contributed by atoms with Crippen LogP contribution < -0.4 is 5.32 Å². The number of sulfonamides is 1. The van der Waals surface area contributed by atoms with Crippen molar-refractivity contribution in [3.63, 3.8) is 0 Å². The number of carbonyl (C=O) groups excluding carboxylic acids is 1. The van der Waals surface area contributed by atoms with Gasteiger partial charge >= 0.3 is 0 Å². The lowest BCUT2D eigenvalue weighted by Crippen LogP contribution is -2.52. The molecule has 0 radical (unpaired) electrons. The Labute approximate surface area is 185 Å². The zero-order chi connectivity index (χ0) is 22.0. The first-order chi connectivity index (χ1) is 14.8. The maximum Gasteiger partial charge on any atom is 0.243 e. The van der Waals surface area contributed by atoms with Gasteiger partial charge in [-0.05, 0) is 41.2 Å². The summed E-state index contributed by atoms with van der Waals surface area (Å²) in [6.45, 7) is 6.76. The monoisotopic (exact) mass is 443 g/mol. The summed E-state index contributed by atoms with van der Waals surface area (Å²) in [4.78, 5) is 15.0. The van der Waals surface area contributed by atoms with E-state index < -0.39 is 10.0 Å². The molecule has 0 bridgehead atoms. The maximum absolute atomic E-state index is 13.1. The highest BCUT2D eigenvalue weighted by Gasteiger charge is 2.31. The van der Waals surface area contributed by atoms with Gasteiger partial charge in [-0.15, -0.1) is 0 Å². The topological polar surface area (TPSA) is 69.7 Å². The van der Waals surface area contributed by atoms with Gasteiger partial charge in [0.1, 0.15) is 0 Å². The van der Waals surface area contributed by atoms with Gasteiger partial charge < -0.3 is 5.32 Å². The second-order valence-corrected chi connectivity index (χ2v) is 11.1. The van der Waals surface area contributed by atoms with Crippen LogP contribution in [0.15, 0.2) is 47.4 Å². The average Bonchev–Trinajstić information content (AvgIpc) is 2.77. The van der Waals surface area contributed by atoms with Gasteiger partial charge in [-0.2, -0.15) is 4.31 Å². The predicted molar refractivity (Wildman–Crippen MR) is 123 cm³/mol. The molecular weight excluding hydrogens is 410 g/mol. The number of nitrogens with one attached hydrogen (secondary N) is 1. The third-order valence-electron chi connectivity index (χ3n) is 7.11. The largest absolute Gasteiger partial charge is 0.352 e. The number of piperazine rings is 1. The van der Waals surface area contributed by atoms with Crippen molar-refractivity contribution in [3.05, 3.63) is 42.5 Å². The van der Waals surface area contributed by atoms with E-state index in [-0.39, 0.29) is 11.9 Å². The molecule has 2 aromatic carbocycles. The fourth-order valence-electron chi connectivity index (χ4n) is 4.85. The van der Waals surface area contributed by atoms with Crippen LogP contribution in [0.4, 0.5) is 0 Å². The van der Waals surface area contributed by atoms with E-state index in [9.17, 15) is 13.2 Å². The molecule has 168 valence electrons. The third kappa shape index (κ3) is 4.94. The SMILES string of the molecule is CC1CCCC(NC(=O)CN2CCN(S(=O)(=O)c3ccc4ccccc4c3)CC2)C1C. The minimum absolute atomic E-state index is 0.0526. The number of nitrogens with zero attached hydrogens (tertiary/aromatic N) is 2. The van der Waals surface area contributed by atoms with Crippen LogP contribution in [0.2, 0.25) is 0 Å². The molecule has 4 rings (SSSR count). The number of amides is 1. The smallest absolute Gasteiger partial charge is 0.243 e. The van der Waals surface area contributed by atoms with Crippen molar-refractivity contribution < 1.29 is 13.2 Å². The Morgan fingerprint density at radius 3 is 2.45 bits per heavy atom. The molecule has 1 N–H and O–H groups in total. The predicted octanol–water partition coefficient (Wildman–Crippen LogP) is 3.09. The molecule has 1 amide bonds. The Balaban J connectivity index is 1.32. The summed E-state index contributed by atoms with van der Waals surface area (Å²) in [6, 6.07) is 13.3. The van der Waals surface area contributed by atoms with Crippen LogP contribution in [0.3, 0.4) is 0 Å². The Kier molecular flexibility index (Phi) is 6.65. The van der Waals surface area contributed by atoms with Gasteiger partial charge in [0.15, 0.2) is 0 Å². The number of carbonyl (C=O) groups is 1. The standard InChI is InChI=1S/C24H33N3O3S/c1-18-6-5-9-23(19(18)2)25-24(28)17-26-12-14-27(15-13-26)31(29,30)22-11-10-20-7-3-4-8-21(20)16-22/h3-4,7-8,10-11,16,18-19,23H,5-6,9,12-15,17H2,1-2H3,(H,25,28). The summed E-state index contributed by atoms with van der Waals surface area (Å²) in [5.41, 5.74) is 0. The Bertz CT molecular complexity index is 1030. The van der Waals surface area contributed by atoms with Crippen LogP contribution in [-0.2, 0) is 14.8 Å². The number of hydrogen-bond acceptors (Lipinski definition) is 4. The fourth-order valence-corrected chi connectivity index (χ4v) is 6.30. The molecule has 2 aromatic rings. The van der Waals surface area contributed by atoms with Gasteiger partial charge in [0, 0.05) is 32.2 Å². The lowest BCUT2D eigenvalue weighted by atomic mass is 9.78. The maximum atomic E-state index is 13.1. The van der Waals surface area contributed by atoms with E-state index in [1.165, 1.54) is 17.1 Å². The van der Waals surface area contributed by atoms with Crippen LogP contribution in [0.5, 0.6) is 0 Å². The molecule has 2 aliphatic rings. The van der Waals surface area contributed by atoms with Gasteiger partial charge in [-0.3, -0.25) is 9.69 Å². The van der Waals surface area contributed by atoms with E-state index in [4.69, 9.17) is 0 Å². The van der Waals surface area contributed by atoms with E-state index in [1.807, 2.05) is 30.3 Å². The summed E-state index contributed by atoms with van der Waals surface area (Å²) >= 11 is 0. The van der Waals surface area contributed by atoms with Gasteiger partial charge in [0.2, 0.25) is 15.9 Å². The van der Waals surface area contributed by atoms with E-state index in [2.05, 4.69) is 24.1 Å². The molecular formula is C24H33N3O3S. The molecule has 6 nitrogen and oxygen atoms in total. The second kappa shape index (κ2) is 9.27. The zero-order valence-corrected chi connectivity index (χ0v) is 19.3. The summed E-state index contributed by atoms with van der Waals surface area (Å²) in [5.74, 6) is 1.20. The van der Waals surface area contributed by atoms with Crippen molar-refractivity contribution in [2.75, 3.05) is 32.7 Å². The van der Waals surface area contributed by atoms with Crippen molar-refractivity contribution in [1.29, 1.82) is 0 Å². The average molecular weight is 444 g/mol. The van der Waals surface area contributed by atoms with Crippen molar-refractivity contribution in [2.45, 2.75) is 44.0 Å². The molecule has 1 aliphatic carbocycles.